The number of hydrogen-bond donors (Lipinski definition) is 1. The van der Waals surface area contributed by atoms with Gasteiger partial charge in [0.15, 0.2) is 0 Å². The summed E-state index contributed by atoms with van der Waals surface area (Å²) >= 11 is 5.74. The molecule has 1 aromatic carbocycles. The maximum atomic E-state index is 11.8. The van der Waals surface area contributed by atoms with Crippen LogP contribution in [0.15, 0.2) is 29.2 Å². The lowest BCUT2D eigenvalue weighted by Gasteiger charge is -2.08. The zero-order chi connectivity index (χ0) is 12.9. The zero-order valence-corrected chi connectivity index (χ0v) is 11.4. The van der Waals surface area contributed by atoms with Crippen LogP contribution in [0.1, 0.15) is 13.3 Å². The Bertz CT molecular complexity index is 442. The molecule has 0 fully saturated rings. The van der Waals surface area contributed by atoms with Gasteiger partial charge in [-0.05, 0) is 37.6 Å². The molecule has 0 aliphatic heterocycles. The van der Waals surface area contributed by atoms with Crippen LogP contribution in [0.5, 0.6) is 5.75 Å². The van der Waals surface area contributed by atoms with Crippen LogP contribution in [-0.4, -0.2) is 27.4 Å². The minimum Gasteiger partial charge on any atom is -0.497 e. The number of hydrogen-bond acceptors (Lipinski definition) is 3. The molecule has 0 heterocycles. The second kappa shape index (κ2) is 6.23. The van der Waals surface area contributed by atoms with Crippen molar-refractivity contribution in [3.05, 3.63) is 24.3 Å². The maximum absolute atomic E-state index is 11.8. The Balaban J connectivity index is 2.68. The van der Waals surface area contributed by atoms with Gasteiger partial charge >= 0.3 is 0 Å². The molecule has 0 amide bonds. The summed E-state index contributed by atoms with van der Waals surface area (Å²) in [5, 5.41) is -0.0476. The molecule has 0 radical (unpaired) electrons. The van der Waals surface area contributed by atoms with Gasteiger partial charge in [-0.25, -0.2) is 13.1 Å². The standard InChI is InChI=1S/C11H16ClNO3S/c1-9(12)7-8-13-17(14,15)11-5-3-10(16-2)4-6-11/h3-6,9,13H,7-8H2,1-2H3. The second-order valence-corrected chi connectivity index (χ2v) is 6.15. The van der Waals surface area contributed by atoms with Crippen LogP contribution in [0.25, 0.3) is 0 Å². The van der Waals surface area contributed by atoms with Crippen molar-refractivity contribution in [2.45, 2.75) is 23.6 Å². The molecule has 0 aliphatic carbocycles. The summed E-state index contributed by atoms with van der Waals surface area (Å²) in [6.45, 7) is 2.16. The zero-order valence-electron chi connectivity index (χ0n) is 9.81. The van der Waals surface area contributed by atoms with E-state index in [1.165, 1.54) is 19.2 Å². The Hall–Kier alpha value is -0.780. The Morgan fingerprint density at radius 2 is 1.94 bits per heavy atom. The molecule has 4 nitrogen and oxygen atoms in total. The predicted molar refractivity (Wildman–Crippen MR) is 68.1 cm³/mol. The van der Waals surface area contributed by atoms with Gasteiger partial charge in [-0.3, -0.25) is 0 Å². The third kappa shape index (κ3) is 4.53. The van der Waals surface area contributed by atoms with Crippen LogP contribution >= 0.6 is 11.6 Å². The van der Waals surface area contributed by atoms with E-state index in [1.54, 1.807) is 12.1 Å². The van der Waals surface area contributed by atoms with Gasteiger partial charge in [0.2, 0.25) is 10.0 Å². The normalized spacial score (nSPS) is 13.4. The third-order valence-corrected chi connectivity index (χ3v) is 3.90. The largest absolute Gasteiger partial charge is 0.497 e. The first-order chi connectivity index (χ1) is 7.95. The molecule has 0 spiro atoms. The first-order valence-electron chi connectivity index (χ1n) is 5.23. The van der Waals surface area contributed by atoms with Gasteiger partial charge in [-0.2, -0.15) is 0 Å². The number of ether oxygens (including phenoxy) is 1. The highest BCUT2D eigenvalue weighted by molar-refractivity contribution is 7.89. The van der Waals surface area contributed by atoms with E-state index >= 15 is 0 Å². The topological polar surface area (TPSA) is 55.4 Å². The highest BCUT2D eigenvalue weighted by atomic mass is 35.5. The summed E-state index contributed by atoms with van der Waals surface area (Å²) in [5.74, 6) is 0.623. The molecule has 6 heteroatoms. The van der Waals surface area contributed by atoms with E-state index in [0.717, 1.165) is 0 Å². The maximum Gasteiger partial charge on any atom is 0.240 e. The number of alkyl halides is 1. The molecule has 0 saturated carbocycles. The number of methoxy groups -OCH3 is 1. The van der Waals surface area contributed by atoms with E-state index < -0.39 is 10.0 Å². The van der Waals surface area contributed by atoms with Gasteiger partial charge in [0.1, 0.15) is 5.75 Å². The molecule has 0 aliphatic rings. The van der Waals surface area contributed by atoms with Gasteiger partial charge in [0.25, 0.3) is 0 Å². The first kappa shape index (κ1) is 14.3. The van der Waals surface area contributed by atoms with Gasteiger partial charge in [0, 0.05) is 11.9 Å². The van der Waals surface area contributed by atoms with E-state index in [2.05, 4.69) is 4.72 Å². The monoisotopic (exact) mass is 277 g/mol. The molecule has 1 atom stereocenters. The highest BCUT2D eigenvalue weighted by Crippen LogP contribution is 2.15. The van der Waals surface area contributed by atoms with Crippen LogP contribution in [0, 0.1) is 0 Å². The van der Waals surface area contributed by atoms with Crippen molar-refractivity contribution < 1.29 is 13.2 Å². The van der Waals surface area contributed by atoms with Gasteiger partial charge < -0.3 is 4.74 Å². The van der Waals surface area contributed by atoms with Crippen LogP contribution < -0.4 is 9.46 Å². The molecule has 0 saturated heterocycles. The first-order valence-corrected chi connectivity index (χ1v) is 7.15. The number of sulfonamides is 1. The van der Waals surface area contributed by atoms with Crippen molar-refractivity contribution in [2.24, 2.45) is 0 Å². The van der Waals surface area contributed by atoms with Crippen molar-refractivity contribution in [3.63, 3.8) is 0 Å². The van der Waals surface area contributed by atoms with E-state index in [0.29, 0.717) is 18.7 Å². The molecule has 1 unspecified atom stereocenters. The smallest absolute Gasteiger partial charge is 0.240 e. The van der Waals surface area contributed by atoms with Crippen molar-refractivity contribution in [1.29, 1.82) is 0 Å². The second-order valence-electron chi connectivity index (χ2n) is 3.64. The van der Waals surface area contributed by atoms with Gasteiger partial charge in [0.05, 0.1) is 12.0 Å². The van der Waals surface area contributed by atoms with E-state index in [1.807, 2.05) is 6.92 Å². The molecule has 17 heavy (non-hydrogen) atoms. The van der Waals surface area contributed by atoms with Crippen LogP contribution in [0.3, 0.4) is 0 Å². The summed E-state index contributed by atoms with van der Waals surface area (Å²) in [4.78, 5) is 0.223. The fourth-order valence-corrected chi connectivity index (χ4v) is 2.39. The van der Waals surface area contributed by atoms with Crippen molar-refractivity contribution >= 4 is 21.6 Å². The lowest BCUT2D eigenvalue weighted by Crippen LogP contribution is -2.25. The minimum atomic E-state index is -3.45. The molecule has 1 N–H and O–H groups in total. The Labute approximate surface area is 107 Å². The lowest BCUT2D eigenvalue weighted by atomic mass is 10.3. The molecule has 1 aromatic rings. The summed E-state index contributed by atoms with van der Waals surface area (Å²) < 4.78 is 31.1. The van der Waals surface area contributed by atoms with Gasteiger partial charge in [-0.1, -0.05) is 0 Å². The number of rotatable bonds is 6. The average molecular weight is 278 g/mol. The Kier molecular flexibility index (Phi) is 5.24. The summed E-state index contributed by atoms with van der Waals surface area (Å²) in [6, 6.07) is 6.23. The van der Waals surface area contributed by atoms with E-state index in [4.69, 9.17) is 16.3 Å². The number of halogens is 1. The van der Waals surface area contributed by atoms with Crippen molar-refractivity contribution in [1.82, 2.24) is 4.72 Å². The molecule has 96 valence electrons. The lowest BCUT2D eigenvalue weighted by molar-refractivity contribution is 0.414. The molecule has 1 rings (SSSR count). The minimum absolute atomic E-state index is 0.0476. The van der Waals surface area contributed by atoms with Crippen LogP contribution in [-0.2, 0) is 10.0 Å². The van der Waals surface area contributed by atoms with Crippen molar-refractivity contribution in [2.75, 3.05) is 13.7 Å². The predicted octanol–water partition coefficient (Wildman–Crippen LogP) is 1.99. The summed E-state index contributed by atoms with van der Waals surface area (Å²) in [6.07, 6.45) is 0.594. The number of nitrogens with one attached hydrogen (secondary N) is 1. The molecular weight excluding hydrogens is 262 g/mol. The Morgan fingerprint density at radius 1 is 1.35 bits per heavy atom. The van der Waals surface area contributed by atoms with Crippen LogP contribution in [0.2, 0.25) is 0 Å². The van der Waals surface area contributed by atoms with E-state index in [-0.39, 0.29) is 10.3 Å². The van der Waals surface area contributed by atoms with Gasteiger partial charge in [-0.15, -0.1) is 11.6 Å². The number of benzene rings is 1. The molecule has 0 bridgehead atoms. The van der Waals surface area contributed by atoms with Crippen molar-refractivity contribution in [3.8, 4) is 5.75 Å². The summed E-state index contributed by atoms with van der Waals surface area (Å²) in [5.41, 5.74) is 0. The van der Waals surface area contributed by atoms with Crippen LogP contribution in [0.4, 0.5) is 0 Å². The third-order valence-electron chi connectivity index (χ3n) is 2.20. The fourth-order valence-electron chi connectivity index (χ4n) is 1.23. The molecule has 0 aromatic heterocycles. The average Bonchev–Trinajstić information content (AvgIpc) is 2.28. The summed E-state index contributed by atoms with van der Waals surface area (Å²) in [7, 11) is -1.91. The van der Waals surface area contributed by atoms with E-state index in [9.17, 15) is 8.42 Å². The highest BCUT2D eigenvalue weighted by Gasteiger charge is 2.13. The fraction of sp³-hybridized carbons (Fsp3) is 0.455. The SMILES string of the molecule is COc1ccc(S(=O)(=O)NCCC(C)Cl)cc1. The Morgan fingerprint density at radius 3 is 2.41 bits per heavy atom. The quantitative estimate of drug-likeness (QED) is 0.809. The molecular formula is C11H16ClNO3S.